The first-order valence-electron chi connectivity index (χ1n) is 5.43. The van der Waals surface area contributed by atoms with Crippen LogP contribution in [0.5, 0.6) is 0 Å². The average Bonchev–Trinajstić information content (AvgIpc) is 2.28. The zero-order chi connectivity index (χ0) is 12.2. The molecule has 0 spiro atoms. The quantitative estimate of drug-likeness (QED) is 0.416. The molecule has 6 heteroatoms. The summed E-state index contributed by atoms with van der Waals surface area (Å²) in [4.78, 5) is 11.4. The fraction of sp³-hybridized carbons (Fsp3) is 0.900. The van der Waals surface area contributed by atoms with Crippen LogP contribution in [0.3, 0.4) is 0 Å². The van der Waals surface area contributed by atoms with Crippen LogP contribution in [0.1, 0.15) is 12.8 Å². The minimum absolute atomic E-state index is 0.00945. The van der Waals surface area contributed by atoms with Gasteiger partial charge in [-0.05, 0) is 12.8 Å². The van der Waals surface area contributed by atoms with E-state index in [9.17, 15) is 4.79 Å². The number of hydrogen-bond acceptors (Lipinski definition) is 5. The Kier molecular flexibility index (Phi) is 10.3. The summed E-state index contributed by atoms with van der Waals surface area (Å²) in [7, 11) is 1.62. The molecule has 1 amide bonds. The van der Waals surface area contributed by atoms with Gasteiger partial charge in [0.15, 0.2) is 0 Å². The Morgan fingerprint density at radius 2 is 2.19 bits per heavy atom. The monoisotopic (exact) mass is 234 g/mol. The third kappa shape index (κ3) is 8.60. The number of ether oxygens (including phenoxy) is 2. The maximum absolute atomic E-state index is 11.4. The second kappa shape index (κ2) is 10.8. The molecule has 6 nitrogen and oxygen atoms in total. The van der Waals surface area contributed by atoms with Crippen molar-refractivity contribution >= 4 is 5.91 Å². The van der Waals surface area contributed by atoms with Gasteiger partial charge in [-0.25, -0.2) is 0 Å². The maximum atomic E-state index is 11.4. The molecular formula is C10H22N2O4. The SMILES string of the molecule is COCCCC(N)C(=O)NCCOCCO. The summed E-state index contributed by atoms with van der Waals surface area (Å²) in [5, 5.41) is 11.1. The van der Waals surface area contributed by atoms with E-state index >= 15 is 0 Å². The minimum atomic E-state index is -0.493. The molecule has 0 aliphatic carbocycles. The molecule has 0 aromatic heterocycles. The summed E-state index contributed by atoms with van der Waals surface area (Å²) in [5.41, 5.74) is 5.65. The van der Waals surface area contributed by atoms with Crippen molar-refractivity contribution < 1.29 is 19.4 Å². The first kappa shape index (κ1) is 15.3. The molecule has 0 aromatic carbocycles. The molecule has 0 aliphatic heterocycles. The topological polar surface area (TPSA) is 93.8 Å². The van der Waals surface area contributed by atoms with Crippen molar-refractivity contribution in [2.24, 2.45) is 5.73 Å². The smallest absolute Gasteiger partial charge is 0.236 e. The molecule has 4 N–H and O–H groups in total. The van der Waals surface area contributed by atoms with Crippen molar-refractivity contribution in [1.29, 1.82) is 0 Å². The van der Waals surface area contributed by atoms with Crippen LogP contribution in [0.15, 0.2) is 0 Å². The molecular weight excluding hydrogens is 212 g/mol. The van der Waals surface area contributed by atoms with Crippen LogP contribution in [0.4, 0.5) is 0 Å². The van der Waals surface area contributed by atoms with Crippen LogP contribution in [0, 0.1) is 0 Å². The van der Waals surface area contributed by atoms with Gasteiger partial charge in [0.1, 0.15) is 0 Å². The van der Waals surface area contributed by atoms with Crippen molar-refractivity contribution in [1.82, 2.24) is 5.32 Å². The van der Waals surface area contributed by atoms with Gasteiger partial charge in [-0.3, -0.25) is 4.79 Å². The second-order valence-corrected chi connectivity index (χ2v) is 3.37. The zero-order valence-corrected chi connectivity index (χ0v) is 9.78. The lowest BCUT2D eigenvalue weighted by Gasteiger charge is -2.11. The molecule has 0 bridgehead atoms. The van der Waals surface area contributed by atoms with E-state index in [4.69, 9.17) is 20.3 Å². The number of carbonyl (C=O) groups is 1. The molecule has 0 radical (unpaired) electrons. The van der Waals surface area contributed by atoms with E-state index in [1.54, 1.807) is 7.11 Å². The van der Waals surface area contributed by atoms with Gasteiger partial charge in [0.2, 0.25) is 5.91 Å². The lowest BCUT2D eigenvalue weighted by atomic mass is 10.1. The van der Waals surface area contributed by atoms with Crippen LogP contribution < -0.4 is 11.1 Å². The largest absolute Gasteiger partial charge is 0.394 e. The second-order valence-electron chi connectivity index (χ2n) is 3.37. The van der Waals surface area contributed by atoms with Gasteiger partial charge in [0, 0.05) is 20.3 Å². The van der Waals surface area contributed by atoms with Gasteiger partial charge < -0.3 is 25.6 Å². The van der Waals surface area contributed by atoms with Crippen LogP contribution in [-0.2, 0) is 14.3 Å². The van der Waals surface area contributed by atoms with E-state index in [1.165, 1.54) is 0 Å². The highest BCUT2D eigenvalue weighted by Crippen LogP contribution is 1.94. The number of aliphatic hydroxyl groups excluding tert-OH is 1. The fourth-order valence-electron chi connectivity index (χ4n) is 1.12. The first-order chi connectivity index (χ1) is 7.72. The molecule has 1 unspecified atom stereocenters. The summed E-state index contributed by atoms with van der Waals surface area (Å²) in [6.07, 6.45) is 1.38. The average molecular weight is 234 g/mol. The molecule has 0 rings (SSSR count). The van der Waals surface area contributed by atoms with Crippen molar-refractivity contribution in [3.8, 4) is 0 Å². The van der Waals surface area contributed by atoms with Crippen molar-refractivity contribution in [3.05, 3.63) is 0 Å². The van der Waals surface area contributed by atoms with Gasteiger partial charge in [-0.2, -0.15) is 0 Å². The Morgan fingerprint density at radius 1 is 1.44 bits per heavy atom. The Labute approximate surface area is 96.1 Å². The lowest BCUT2D eigenvalue weighted by molar-refractivity contribution is -0.122. The van der Waals surface area contributed by atoms with Crippen LogP contribution >= 0.6 is 0 Å². The van der Waals surface area contributed by atoms with E-state index in [0.717, 1.165) is 6.42 Å². The third-order valence-corrected chi connectivity index (χ3v) is 1.98. The lowest BCUT2D eigenvalue weighted by Crippen LogP contribution is -2.41. The Bertz CT molecular complexity index is 178. The maximum Gasteiger partial charge on any atom is 0.236 e. The molecule has 0 aromatic rings. The van der Waals surface area contributed by atoms with Gasteiger partial charge in [0.05, 0.1) is 25.9 Å². The zero-order valence-electron chi connectivity index (χ0n) is 9.78. The molecule has 16 heavy (non-hydrogen) atoms. The number of aliphatic hydroxyl groups is 1. The van der Waals surface area contributed by atoms with Crippen LogP contribution in [0.25, 0.3) is 0 Å². The van der Waals surface area contributed by atoms with E-state index in [-0.39, 0.29) is 19.1 Å². The molecule has 0 heterocycles. The van der Waals surface area contributed by atoms with Gasteiger partial charge in [-0.15, -0.1) is 0 Å². The number of nitrogens with one attached hydrogen (secondary N) is 1. The fourth-order valence-corrected chi connectivity index (χ4v) is 1.12. The number of methoxy groups -OCH3 is 1. The normalized spacial score (nSPS) is 12.4. The van der Waals surface area contributed by atoms with Crippen molar-refractivity contribution in [3.63, 3.8) is 0 Å². The third-order valence-electron chi connectivity index (χ3n) is 1.98. The van der Waals surface area contributed by atoms with Crippen molar-refractivity contribution in [2.75, 3.05) is 40.1 Å². The van der Waals surface area contributed by atoms with Gasteiger partial charge in [-0.1, -0.05) is 0 Å². The summed E-state index contributed by atoms with van der Waals surface area (Å²) in [6.45, 7) is 1.69. The molecule has 0 fully saturated rings. The summed E-state index contributed by atoms with van der Waals surface area (Å²) >= 11 is 0. The number of rotatable bonds is 10. The van der Waals surface area contributed by atoms with E-state index in [1.807, 2.05) is 0 Å². The summed E-state index contributed by atoms with van der Waals surface area (Å²) < 4.78 is 9.85. The summed E-state index contributed by atoms with van der Waals surface area (Å²) in [5.74, 6) is -0.177. The Hall–Kier alpha value is -0.690. The van der Waals surface area contributed by atoms with Crippen LogP contribution in [0.2, 0.25) is 0 Å². The number of hydrogen-bond donors (Lipinski definition) is 3. The van der Waals surface area contributed by atoms with Crippen molar-refractivity contribution in [2.45, 2.75) is 18.9 Å². The van der Waals surface area contributed by atoms with Crippen LogP contribution in [-0.4, -0.2) is 57.1 Å². The predicted molar refractivity (Wildman–Crippen MR) is 60.0 cm³/mol. The summed E-state index contributed by atoms with van der Waals surface area (Å²) in [6, 6.07) is -0.493. The van der Waals surface area contributed by atoms with E-state index in [0.29, 0.717) is 26.2 Å². The number of amides is 1. The van der Waals surface area contributed by atoms with Gasteiger partial charge in [0.25, 0.3) is 0 Å². The standard InChI is InChI=1S/C10H22N2O4/c1-15-6-2-3-9(11)10(14)12-4-7-16-8-5-13/h9,13H,2-8,11H2,1H3,(H,12,14). The molecule has 1 atom stereocenters. The number of nitrogens with two attached hydrogens (primary N) is 1. The minimum Gasteiger partial charge on any atom is -0.394 e. The Balaban J connectivity index is 3.40. The van der Waals surface area contributed by atoms with Gasteiger partial charge >= 0.3 is 0 Å². The predicted octanol–water partition coefficient (Wildman–Crippen LogP) is -1.13. The molecule has 96 valence electrons. The molecule has 0 saturated heterocycles. The van der Waals surface area contributed by atoms with E-state index < -0.39 is 6.04 Å². The molecule has 0 aliphatic rings. The highest BCUT2D eigenvalue weighted by molar-refractivity contribution is 5.81. The molecule has 0 saturated carbocycles. The Morgan fingerprint density at radius 3 is 2.81 bits per heavy atom. The highest BCUT2D eigenvalue weighted by atomic mass is 16.5. The van der Waals surface area contributed by atoms with E-state index in [2.05, 4.69) is 5.32 Å². The number of carbonyl (C=O) groups excluding carboxylic acids is 1. The first-order valence-corrected chi connectivity index (χ1v) is 5.43. The highest BCUT2D eigenvalue weighted by Gasteiger charge is 2.11.